The number of anilines is 1. The van der Waals surface area contributed by atoms with E-state index in [9.17, 15) is 4.79 Å². The molecule has 2 rings (SSSR count). The highest BCUT2D eigenvalue weighted by molar-refractivity contribution is 9.10. The van der Waals surface area contributed by atoms with Crippen molar-refractivity contribution in [2.24, 2.45) is 0 Å². The number of halogens is 2. The summed E-state index contributed by atoms with van der Waals surface area (Å²) in [7, 11) is 1.63. The molecule has 1 fully saturated rings. The van der Waals surface area contributed by atoms with Crippen molar-refractivity contribution >= 4 is 39.9 Å². The van der Waals surface area contributed by atoms with Crippen LogP contribution in [0.3, 0.4) is 0 Å². The first-order valence-electron chi connectivity index (χ1n) is 6.58. The number of ether oxygens (including phenoxy) is 2. The average Bonchev–Trinajstić information content (AvgIpc) is 2.44. The number of hydrogen-bond donors (Lipinski definition) is 2. The molecule has 7 heteroatoms. The van der Waals surface area contributed by atoms with Crippen LogP contribution in [0.5, 0.6) is 0 Å². The normalized spacial score (nSPS) is 17.9. The van der Waals surface area contributed by atoms with E-state index in [1.807, 2.05) is 18.2 Å². The molecule has 21 heavy (non-hydrogen) atoms. The molecular formula is C14H20BrClN2O3. The largest absolute Gasteiger partial charge is 0.380 e. The van der Waals surface area contributed by atoms with Gasteiger partial charge in [-0.05, 0) is 12.1 Å². The van der Waals surface area contributed by atoms with Gasteiger partial charge in [-0.3, -0.25) is 4.79 Å². The van der Waals surface area contributed by atoms with Crippen LogP contribution in [0.1, 0.15) is 12.0 Å². The van der Waals surface area contributed by atoms with Gasteiger partial charge in [0.25, 0.3) is 0 Å². The highest BCUT2D eigenvalue weighted by Gasteiger charge is 2.18. The fourth-order valence-electron chi connectivity index (χ4n) is 2.14. The van der Waals surface area contributed by atoms with Gasteiger partial charge in [0.05, 0.1) is 19.8 Å². The van der Waals surface area contributed by atoms with Crippen LogP contribution >= 0.6 is 28.3 Å². The lowest BCUT2D eigenvalue weighted by Crippen LogP contribution is -2.43. The Labute approximate surface area is 139 Å². The number of nitrogens with one attached hydrogen (secondary N) is 2. The van der Waals surface area contributed by atoms with Crippen molar-refractivity contribution < 1.29 is 14.3 Å². The molecule has 0 aromatic heterocycles. The highest BCUT2D eigenvalue weighted by atomic mass is 79.9. The first kappa shape index (κ1) is 18.4. The lowest BCUT2D eigenvalue weighted by molar-refractivity contribution is -0.117. The summed E-state index contributed by atoms with van der Waals surface area (Å²) in [4.78, 5) is 12.1. The standard InChI is InChI=1S/C14H19BrN2O3.ClH/c1-19-9-11-12(15)3-2-4-13(11)17-14(18)7-10-8-20-6-5-16-10;/h2-4,10,16H,5-9H2,1H3,(H,17,18);1H. The second-order valence-corrected chi connectivity index (χ2v) is 5.53. The van der Waals surface area contributed by atoms with Gasteiger partial charge in [-0.2, -0.15) is 0 Å². The Morgan fingerprint density at radius 1 is 1.57 bits per heavy atom. The zero-order valence-corrected chi connectivity index (χ0v) is 14.3. The molecule has 1 amide bonds. The predicted molar refractivity (Wildman–Crippen MR) is 88.0 cm³/mol. The third-order valence-electron chi connectivity index (χ3n) is 3.11. The van der Waals surface area contributed by atoms with Crippen LogP contribution in [0.2, 0.25) is 0 Å². The number of morpholine rings is 1. The first-order valence-corrected chi connectivity index (χ1v) is 7.37. The minimum absolute atomic E-state index is 0. The minimum atomic E-state index is -0.0246. The third kappa shape index (κ3) is 5.56. The van der Waals surface area contributed by atoms with E-state index in [2.05, 4.69) is 26.6 Å². The monoisotopic (exact) mass is 378 g/mol. The lowest BCUT2D eigenvalue weighted by Gasteiger charge is -2.23. The molecule has 1 aliphatic rings. The lowest BCUT2D eigenvalue weighted by atomic mass is 10.1. The molecule has 1 aromatic carbocycles. The Bertz CT molecular complexity index is 468. The Balaban J connectivity index is 0.00000220. The molecule has 0 aliphatic carbocycles. The minimum Gasteiger partial charge on any atom is -0.380 e. The Hall–Kier alpha value is -0.660. The third-order valence-corrected chi connectivity index (χ3v) is 3.85. The number of amides is 1. The van der Waals surface area contributed by atoms with Crippen molar-refractivity contribution in [3.8, 4) is 0 Å². The zero-order chi connectivity index (χ0) is 14.4. The van der Waals surface area contributed by atoms with Crippen molar-refractivity contribution in [1.82, 2.24) is 5.32 Å². The van der Waals surface area contributed by atoms with E-state index < -0.39 is 0 Å². The number of methoxy groups -OCH3 is 1. The molecule has 1 aliphatic heterocycles. The molecule has 5 nitrogen and oxygen atoms in total. The van der Waals surface area contributed by atoms with Crippen LogP contribution in [0.25, 0.3) is 0 Å². The first-order chi connectivity index (χ1) is 9.70. The second kappa shape index (κ2) is 9.38. The van der Waals surface area contributed by atoms with E-state index in [1.165, 1.54) is 0 Å². The molecule has 1 aromatic rings. The molecule has 2 N–H and O–H groups in total. The van der Waals surface area contributed by atoms with Crippen molar-refractivity contribution in [2.45, 2.75) is 19.1 Å². The van der Waals surface area contributed by atoms with Gasteiger partial charge in [0.1, 0.15) is 0 Å². The fraction of sp³-hybridized carbons (Fsp3) is 0.500. The average molecular weight is 380 g/mol. The summed E-state index contributed by atoms with van der Waals surface area (Å²) in [5.41, 5.74) is 1.72. The summed E-state index contributed by atoms with van der Waals surface area (Å²) in [6, 6.07) is 5.78. The van der Waals surface area contributed by atoms with E-state index in [0.29, 0.717) is 26.2 Å². The van der Waals surface area contributed by atoms with Crippen molar-refractivity contribution in [3.05, 3.63) is 28.2 Å². The molecule has 0 radical (unpaired) electrons. The maximum atomic E-state index is 12.1. The molecule has 0 bridgehead atoms. The fourth-order valence-corrected chi connectivity index (χ4v) is 2.62. The summed E-state index contributed by atoms with van der Waals surface area (Å²) >= 11 is 3.47. The van der Waals surface area contributed by atoms with Gasteiger partial charge in [0, 0.05) is 41.8 Å². The molecule has 1 atom stereocenters. The summed E-state index contributed by atoms with van der Waals surface area (Å²) in [6.07, 6.45) is 0.402. The van der Waals surface area contributed by atoms with Gasteiger partial charge in [0.15, 0.2) is 0 Å². The number of hydrogen-bond acceptors (Lipinski definition) is 4. The SMILES string of the molecule is COCc1c(Br)cccc1NC(=O)CC1COCCN1.Cl. The maximum absolute atomic E-state index is 12.1. The van der Waals surface area contributed by atoms with Gasteiger partial charge < -0.3 is 20.1 Å². The second-order valence-electron chi connectivity index (χ2n) is 4.68. The van der Waals surface area contributed by atoms with Gasteiger partial charge in [0.2, 0.25) is 5.91 Å². The van der Waals surface area contributed by atoms with Crippen LogP contribution in [-0.2, 0) is 20.9 Å². The Morgan fingerprint density at radius 3 is 3.05 bits per heavy atom. The van der Waals surface area contributed by atoms with Crippen LogP contribution in [0, 0.1) is 0 Å². The van der Waals surface area contributed by atoms with Gasteiger partial charge in [-0.1, -0.05) is 22.0 Å². The van der Waals surface area contributed by atoms with E-state index in [0.717, 1.165) is 22.3 Å². The van der Waals surface area contributed by atoms with Crippen molar-refractivity contribution in [2.75, 3.05) is 32.2 Å². The molecule has 0 spiro atoms. The predicted octanol–water partition coefficient (Wildman–Crippen LogP) is 2.33. The van der Waals surface area contributed by atoms with Crippen LogP contribution in [-0.4, -0.2) is 38.8 Å². The Kier molecular flexibility index (Phi) is 8.21. The number of benzene rings is 1. The summed E-state index contributed by atoms with van der Waals surface area (Å²) in [5.74, 6) is -0.0246. The zero-order valence-electron chi connectivity index (χ0n) is 11.9. The van der Waals surface area contributed by atoms with E-state index in [-0.39, 0.29) is 24.4 Å². The highest BCUT2D eigenvalue weighted by Crippen LogP contribution is 2.25. The molecule has 0 saturated carbocycles. The van der Waals surface area contributed by atoms with E-state index in [1.54, 1.807) is 7.11 Å². The van der Waals surface area contributed by atoms with Crippen LogP contribution in [0.15, 0.2) is 22.7 Å². The number of carbonyl (C=O) groups is 1. The van der Waals surface area contributed by atoms with Gasteiger partial charge >= 0.3 is 0 Å². The quantitative estimate of drug-likeness (QED) is 0.824. The van der Waals surface area contributed by atoms with E-state index >= 15 is 0 Å². The van der Waals surface area contributed by atoms with Crippen LogP contribution < -0.4 is 10.6 Å². The smallest absolute Gasteiger partial charge is 0.226 e. The van der Waals surface area contributed by atoms with Crippen LogP contribution in [0.4, 0.5) is 5.69 Å². The summed E-state index contributed by atoms with van der Waals surface area (Å²) in [5, 5.41) is 6.21. The van der Waals surface area contributed by atoms with E-state index in [4.69, 9.17) is 9.47 Å². The van der Waals surface area contributed by atoms with Gasteiger partial charge in [-0.25, -0.2) is 0 Å². The molecule has 1 unspecified atom stereocenters. The Morgan fingerprint density at radius 2 is 2.38 bits per heavy atom. The maximum Gasteiger partial charge on any atom is 0.226 e. The summed E-state index contributed by atoms with van der Waals surface area (Å²) < 4.78 is 11.4. The molecule has 118 valence electrons. The number of carbonyl (C=O) groups excluding carboxylic acids is 1. The summed E-state index contributed by atoms with van der Waals surface area (Å²) in [6.45, 7) is 2.53. The molecule has 1 heterocycles. The van der Waals surface area contributed by atoms with Crippen molar-refractivity contribution in [3.63, 3.8) is 0 Å². The molecular weight excluding hydrogens is 360 g/mol. The van der Waals surface area contributed by atoms with Crippen molar-refractivity contribution in [1.29, 1.82) is 0 Å². The number of rotatable bonds is 5. The van der Waals surface area contributed by atoms with Gasteiger partial charge in [-0.15, -0.1) is 12.4 Å². The molecule has 1 saturated heterocycles. The topological polar surface area (TPSA) is 59.6 Å².